The number of aromatic nitrogens is 4. The molecule has 2 amide bonds. The summed E-state index contributed by atoms with van der Waals surface area (Å²) < 4.78 is 14.0. The zero-order chi connectivity index (χ0) is 25.3. The maximum absolute atomic E-state index is 13.0. The summed E-state index contributed by atoms with van der Waals surface area (Å²) >= 11 is 0. The number of nitrogens with two attached hydrogens (primary N) is 1. The molecule has 0 saturated heterocycles. The second-order valence-electron chi connectivity index (χ2n) is 9.31. The lowest BCUT2D eigenvalue weighted by Gasteiger charge is -2.25. The number of pyridine rings is 1. The van der Waals surface area contributed by atoms with Crippen molar-refractivity contribution in [3.63, 3.8) is 0 Å². The first-order valence-electron chi connectivity index (χ1n) is 11.3. The van der Waals surface area contributed by atoms with Gasteiger partial charge >= 0.3 is 6.09 Å². The molecule has 0 spiro atoms. The molecule has 1 aliphatic carbocycles. The van der Waals surface area contributed by atoms with Gasteiger partial charge in [0, 0.05) is 25.9 Å². The third kappa shape index (κ3) is 5.60. The Morgan fingerprint density at radius 3 is 2.71 bits per heavy atom. The Kier molecular flexibility index (Phi) is 6.48. The number of carbonyl (C=O) groups excluding carboxylic acids is 2. The minimum Gasteiger partial charge on any atom is -0.443 e. The molecule has 1 saturated carbocycles. The maximum Gasteiger partial charge on any atom is 0.415 e. The summed E-state index contributed by atoms with van der Waals surface area (Å²) in [5, 5.41) is 7.17. The van der Waals surface area contributed by atoms with E-state index in [9.17, 15) is 14.4 Å². The zero-order valence-electron chi connectivity index (χ0n) is 20.1. The molecule has 12 heteroatoms. The number of nitrogens with zero attached hydrogens (tertiary/aromatic N) is 5. The number of ether oxygens (including phenoxy) is 2. The predicted octanol–water partition coefficient (Wildman–Crippen LogP) is 2.28. The van der Waals surface area contributed by atoms with Gasteiger partial charge in [0.05, 0.1) is 18.9 Å². The van der Waals surface area contributed by atoms with Gasteiger partial charge in [0.2, 0.25) is 0 Å². The first kappa shape index (κ1) is 24.2. The number of anilines is 3. The average molecular weight is 484 g/mol. The summed E-state index contributed by atoms with van der Waals surface area (Å²) in [6, 6.07) is 4.89. The number of nitrogens with one attached hydrogen (secondary N) is 1. The van der Waals surface area contributed by atoms with Gasteiger partial charge in [0.15, 0.2) is 5.65 Å². The van der Waals surface area contributed by atoms with Gasteiger partial charge in [-0.2, -0.15) is 9.61 Å². The van der Waals surface area contributed by atoms with E-state index in [2.05, 4.69) is 15.4 Å². The summed E-state index contributed by atoms with van der Waals surface area (Å²) in [7, 11) is 1.51. The number of hydrogen-bond acceptors (Lipinski definition) is 8. The van der Waals surface area contributed by atoms with Gasteiger partial charge in [0.1, 0.15) is 28.5 Å². The zero-order valence-corrected chi connectivity index (χ0v) is 20.1. The van der Waals surface area contributed by atoms with Crippen molar-refractivity contribution in [2.24, 2.45) is 5.73 Å². The van der Waals surface area contributed by atoms with Crippen LogP contribution in [0.3, 0.4) is 0 Å². The molecule has 3 aromatic heterocycles. The van der Waals surface area contributed by atoms with Crippen LogP contribution in [0.15, 0.2) is 35.4 Å². The summed E-state index contributed by atoms with van der Waals surface area (Å²) in [4.78, 5) is 43.3. The van der Waals surface area contributed by atoms with Gasteiger partial charge in [-0.25, -0.2) is 9.78 Å². The lowest BCUT2D eigenvalue weighted by Crippen LogP contribution is -2.35. The van der Waals surface area contributed by atoms with E-state index in [-0.39, 0.29) is 34.1 Å². The van der Waals surface area contributed by atoms with E-state index >= 15 is 0 Å². The van der Waals surface area contributed by atoms with Crippen molar-refractivity contribution in [1.29, 1.82) is 0 Å². The number of carbonyl (C=O) groups is 2. The SMILES string of the molecule is CN(C(=O)OC(C)(C)C)c1cc(Nc2cccn(CCOC3CC3)c2=O)nc2c(C(N)=O)cnn12. The van der Waals surface area contributed by atoms with Gasteiger partial charge in [-0.05, 0) is 45.7 Å². The molecule has 0 unspecified atom stereocenters. The van der Waals surface area contributed by atoms with E-state index in [0.717, 1.165) is 12.8 Å². The molecule has 12 nitrogen and oxygen atoms in total. The quantitative estimate of drug-likeness (QED) is 0.496. The Morgan fingerprint density at radius 1 is 1.31 bits per heavy atom. The van der Waals surface area contributed by atoms with Gasteiger partial charge in [0.25, 0.3) is 11.5 Å². The monoisotopic (exact) mass is 483 g/mol. The van der Waals surface area contributed by atoms with Crippen LogP contribution in [0.4, 0.5) is 22.1 Å². The summed E-state index contributed by atoms with van der Waals surface area (Å²) in [5.41, 5.74) is 4.96. The Morgan fingerprint density at radius 2 is 2.06 bits per heavy atom. The lowest BCUT2D eigenvalue weighted by molar-refractivity contribution is 0.0587. The standard InChI is InChI=1S/C23H29N7O5/c1-23(2,3)35-22(33)28(4)18-12-17(27-20-15(19(24)31)13-25-30(18)20)26-16-6-5-9-29(21(16)32)10-11-34-14-7-8-14/h5-6,9,12-14H,7-8,10-11H2,1-4H3,(H2,24,31)(H,26,27). The highest BCUT2D eigenvalue weighted by molar-refractivity contribution is 5.99. The number of rotatable bonds is 8. The van der Waals surface area contributed by atoms with Crippen molar-refractivity contribution < 1.29 is 19.1 Å². The average Bonchev–Trinajstić information content (AvgIpc) is 3.50. The second-order valence-corrected chi connectivity index (χ2v) is 9.31. The fourth-order valence-electron chi connectivity index (χ4n) is 3.35. The van der Waals surface area contributed by atoms with Crippen molar-refractivity contribution in [3.8, 4) is 0 Å². The van der Waals surface area contributed by atoms with Crippen LogP contribution in [0.25, 0.3) is 5.65 Å². The fraction of sp³-hybridized carbons (Fsp3) is 0.435. The van der Waals surface area contributed by atoms with E-state index in [1.807, 2.05) is 0 Å². The molecule has 186 valence electrons. The molecule has 1 fully saturated rings. The highest BCUT2D eigenvalue weighted by Crippen LogP contribution is 2.25. The van der Waals surface area contributed by atoms with Crippen LogP contribution in [-0.2, 0) is 16.0 Å². The minimum atomic E-state index is -0.728. The van der Waals surface area contributed by atoms with E-state index in [0.29, 0.717) is 19.3 Å². The predicted molar refractivity (Wildman–Crippen MR) is 129 cm³/mol. The van der Waals surface area contributed by atoms with Gasteiger partial charge in [-0.15, -0.1) is 0 Å². The van der Waals surface area contributed by atoms with Crippen LogP contribution < -0.4 is 21.5 Å². The van der Waals surface area contributed by atoms with E-state index in [1.54, 1.807) is 43.7 Å². The number of primary amides is 1. The first-order valence-corrected chi connectivity index (χ1v) is 11.3. The number of hydrogen-bond donors (Lipinski definition) is 2. The molecule has 35 heavy (non-hydrogen) atoms. The molecule has 0 bridgehead atoms. The van der Waals surface area contributed by atoms with E-state index < -0.39 is 17.6 Å². The second kappa shape index (κ2) is 9.37. The molecule has 4 rings (SSSR count). The summed E-state index contributed by atoms with van der Waals surface area (Å²) in [6.45, 7) is 6.12. The Balaban J connectivity index is 1.68. The van der Waals surface area contributed by atoms with Crippen LogP contribution in [0.2, 0.25) is 0 Å². The van der Waals surface area contributed by atoms with Crippen molar-refractivity contribution >= 4 is 35.0 Å². The molecule has 1 aliphatic rings. The molecule has 0 radical (unpaired) electrons. The molecule has 0 atom stereocenters. The summed E-state index contributed by atoms with van der Waals surface area (Å²) in [5.74, 6) is -0.253. The normalized spacial score (nSPS) is 13.6. The van der Waals surface area contributed by atoms with Crippen molar-refractivity contribution in [2.45, 2.75) is 51.9 Å². The largest absolute Gasteiger partial charge is 0.443 e. The van der Waals surface area contributed by atoms with Crippen LogP contribution in [0.1, 0.15) is 44.0 Å². The van der Waals surface area contributed by atoms with E-state index in [1.165, 1.54) is 28.7 Å². The van der Waals surface area contributed by atoms with Crippen LogP contribution >= 0.6 is 0 Å². The molecule has 0 aromatic carbocycles. The van der Waals surface area contributed by atoms with E-state index in [4.69, 9.17) is 15.2 Å². The smallest absolute Gasteiger partial charge is 0.415 e. The van der Waals surface area contributed by atoms with Gasteiger partial charge in [-0.3, -0.25) is 14.5 Å². The third-order valence-corrected chi connectivity index (χ3v) is 5.22. The molecule has 0 aliphatic heterocycles. The number of fused-ring (bicyclic) bond motifs is 1. The molecular weight excluding hydrogens is 454 g/mol. The first-order chi connectivity index (χ1) is 16.5. The Bertz CT molecular complexity index is 1320. The molecule has 3 N–H and O–H groups in total. The molecule has 3 heterocycles. The lowest BCUT2D eigenvalue weighted by atomic mass is 10.2. The Hall–Kier alpha value is -3.93. The van der Waals surface area contributed by atoms with Crippen LogP contribution in [0.5, 0.6) is 0 Å². The van der Waals surface area contributed by atoms with Crippen molar-refractivity contribution in [3.05, 3.63) is 46.5 Å². The van der Waals surface area contributed by atoms with Crippen LogP contribution in [0, 0.1) is 0 Å². The van der Waals surface area contributed by atoms with Crippen molar-refractivity contribution in [2.75, 3.05) is 23.9 Å². The topological polar surface area (TPSA) is 146 Å². The minimum absolute atomic E-state index is 0.0650. The number of amides is 2. The molecule has 3 aromatic rings. The highest BCUT2D eigenvalue weighted by atomic mass is 16.6. The Labute approximate surface area is 201 Å². The van der Waals surface area contributed by atoms with Gasteiger partial charge in [-0.1, -0.05) is 0 Å². The van der Waals surface area contributed by atoms with Gasteiger partial charge < -0.3 is 25.1 Å². The fourth-order valence-corrected chi connectivity index (χ4v) is 3.35. The highest BCUT2D eigenvalue weighted by Gasteiger charge is 2.25. The van der Waals surface area contributed by atoms with Crippen LogP contribution in [-0.4, -0.2) is 56.5 Å². The maximum atomic E-state index is 13.0. The summed E-state index contributed by atoms with van der Waals surface area (Å²) in [6.07, 6.45) is 4.75. The third-order valence-electron chi connectivity index (χ3n) is 5.22. The molecular formula is C23H29N7O5. The van der Waals surface area contributed by atoms with Crippen molar-refractivity contribution in [1.82, 2.24) is 19.2 Å².